The van der Waals surface area contributed by atoms with Gasteiger partial charge in [-0.15, -0.1) is 0 Å². The largest absolute Gasteiger partial charge is 0.454 e. The van der Waals surface area contributed by atoms with E-state index in [-0.39, 0.29) is 23.6 Å². The zero-order valence-corrected chi connectivity index (χ0v) is 18.6. The lowest BCUT2D eigenvalue weighted by molar-refractivity contribution is -0.155. The number of hydrogen-bond acceptors (Lipinski definition) is 6. The predicted molar refractivity (Wildman–Crippen MR) is 112 cm³/mol. The van der Waals surface area contributed by atoms with Crippen molar-refractivity contribution >= 4 is 23.5 Å². The summed E-state index contributed by atoms with van der Waals surface area (Å²) in [5.74, 6) is -1.79. The fourth-order valence-corrected chi connectivity index (χ4v) is 2.72. The zero-order valence-electron chi connectivity index (χ0n) is 18.6. The van der Waals surface area contributed by atoms with Gasteiger partial charge in [-0.3, -0.25) is 14.4 Å². The van der Waals surface area contributed by atoms with Gasteiger partial charge in [0.15, 0.2) is 23.8 Å². The molecule has 2 atom stereocenters. The summed E-state index contributed by atoms with van der Waals surface area (Å²) in [6.45, 7) is 10.8. The first-order chi connectivity index (χ1) is 13.7. The van der Waals surface area contributed by atoms with E-state index in [1.807, 2.05) is 0 Å². The third-order valence-electron chi connectivity index (χ3n) is 4.70. The second-order valence-electron chi connectivity index (χ2n) is 7.51. The first kappa shape index (κ1) is 27.0. The van der Waals surface area contributed by atoms with Crippen LogP contribution >= 0.6 is 0 Å². The summed E-state index contributed by atoms with van der Waals surface area (Å²) in [4.78, 5) is 48.0. The number of esters is 2. The van der Waals surface area contributed by atoms with Gasteiger partial charge < -0.3 is 9.47 Å². The van der Waals surface area contributed by atoms with Gasteiger partial charge in [0, 0.05) is 18.4 Å². The van der Waals surface area contributed by atoms with E-state index in [2.05, 4.69) is 20.4 Å². The van der Waals surface area contributed by atoms with Crippen LogP contribution in [0.15, 0.2) is 12.2 Å². The number of ether oxygens (including phenoxy) is 2. The predicted octanol–water partition coefficient (Wildman–Crippen LogP) is 4.88. The van der Waals surface area contributed by atoms with Gasteiger partial charge in [-0.05, 0) is 26.7 Å². The minimum atomic E-state index is -0.875. The van der Waals surface area contributed by atoms with Gasteiger partial charge in [-0.2, -0.15) is 0 Å². The van der Waals surface area contributed by atoms with E-state index in [1.165, 1.54) is 13.8 Å². The van der Waals surface area contributed by atoms with Crippen LogP contribution in [0.25, 0.3) is 0 Å². The third kappa shape index (κ3) is 13.0. The van der Waals surface area contributed by atoms with Crippen LogP contribution in [0.5, 0.6) is 0 Å². The molecule has 2 unspecified atom stereocenters. The van der Waals surface area contributed by atoms with E-state index < -0.39 is 24.1 Å². The molecule has 0 aromatic heterocycles. The number of unbranched alkanes of at least 4 members (excludes halogenated alkanes) is 6. The summed E-state index contributed by atoms with van der Waals surface area (Å²) >= 11 is 0. The van der Waals surface area contributed by atoms with Crippen LogP contribution in [0.1, 0.15) is 98.3 Å². The van der Waals surface area contributed by atoms with Gasteiger partial charge in [-0.25, -0.2) is 4.79 Å². The number of Topliss-reactive ketones (excluding diaryl/α,β-unsaturated/α-hetero) is 2. The second-order valence-corrected chi connectivity index (χ2v) is 7.51. The fourth-order valence-electron chi connectivity index (χ4n) is 2.72. The first-order valence-corrected chi connectivity index (χ1v) is 10.9. The quantitative estimate of drug-likeness (QED) is 0.193. The molecule has 0 bridgehead atoms. The highest BCUT2D eigenvalue weighted by Gasteiger charge is 2.23. The molecule has 0 aromatic carbocycles. The molecule has 6 heteroatoms. The van der Waals surface area contributed by atoms with Crippen molar-refractivity contribution in [2.24, 2.45) is 0 Å². The molecule has 0 spiro atoms. The summed E-state index contributed by atoms with van der Waals surface area (Å²) in [5.41, 5.74) is -0.0942. The number of ketones is 2. The maximum atomic E-state index is 12.0. The third-order valence-corrected chi connectivity index (χ3v) is 4.70. The first-order valence-electron chi connectivity index (χ1n) is 10.9. The van der Waals surface area contributed by atoms with E-state index in [9.17, 15) is 19.2 Å². The Balaban J connectivity index is 4.25. The van der Waals surface area contributed by atoms with E-state index in [0.717, 1.165) is 51.4 Å². The van der Waals surface area contributed by atoms with Crippen LogP contribution in [0.3, 0.4) is 0 Å². The molecule has 166 valence electrons. The van der Waals surface area contributed by atoms with Crippen molar-refractivity contribution in [3.63, 3.8) is 0 Å². The van der Waals surface area contributed by atoms with Crippen LogP contribution < -0.4 is 0 Å². The fraction of sp³-hybridized carbons (Fsp3) is 0.739. The van der Waals surface area contributed by atoms with E-state index in [1.54, 1.807) is 0 Å². The molecule has 0 aliphatic heterocycles. The zero-order chi connectivity index (χ0) is 22.2. The Morgan fingerprint density at radius 1 is 0.724 bits per heavy atom. The minimum Gasteiger partial charge on any atom is -0.454 e. The van der Waals surface area contributed by atoms with Crippen molar-refractivity contribution < 1.29 is 28.7 Å². The Labute approximate surface area is 175 Å². The lowest BCUT2D eigenvalue weighted by Gasteiger charge is -2.15. The number of rotatable bonds is 17. The molecule has 0 aromatic rings. The summed E-state index contributed by atoms with van der Waals surface area (Å²) in [5, 5.41) is 0. The Kier molecular flexibility index (Phi) is 14.8. The van der Waals surface area contributed by atoms with Crippen molar-refractivity contribution in [3.8, 4) is 0 Å². The topological polar surface area (TPSA) is 86.7 Å². The molecule has 0 fully saturated rings. The van der Waals surface area contributed by atoms with Crippen LogP contribution in [0, 0.1) is 0 Å². The average molecular weight is 411 g/mol. The van der Waals surface area contributed by atoms with E-state index in [4.69, 9.17) is 9.47 Å². The summed E-state index contributed by atoms with van der Waals surface area (Å²) in [6.07, 6.45) is 6.43. The summed E-state index contributed by atoms with van der Waals surface area (Å²) in [7, 11) is 0. The highest BCUT2D eigenvalue weighted by Crippen LogP contribution is 2.12. The van der Waals surface area contributed by atoms with Crippen LogP contribution in [-0.4, -0.2) is 35.7 Å². The maximum absolute atomic E-state index is 12.0. The Hall–Kier alpha value is -1.98. The highest BCUT2D eigenvalue weighted by molar-refractivity contribution is 5.95. The highest BCUT2D eigenvalue weighted by atomic mass is 16.6. The lowest BCUT2D eigenvalue weighted by atomic mass is 10.1. The molecular weight excluding hydrogens is 372 g/mol. The molecule has 0 saturated carbocycles. The van der Waals surface area contributed by atoms with Crippen LogP contribution in [-0.2, 0) is 28.7 Å². The van der Waals surface area contributed by atoms with E-state index >= 15 is 0 Å². The molecule has 0 radical (unpaired) electrons. The van der Waals surface area contributed by atoms with Gasteiger partial charge in [0.25, 0.3) is 0 Å². The van der Waals surface area contributed by atoms with Gasteiger partial charge in [0.05, 0.1) is 6.42 Å². The molecule has 0 amide bonds. The molecule has 29 heavy (non-hydrogen) atoms. The van der Waals surface area contributed by atoms with Gasteiger partial charge in [0.1, 0.15) is 0 Å². The van der Waals surface area contributed by atoms with Gasteiger partial charge in [-0.1, -0.05) is 59.0 Å². The summed E-state index contributed by atoms with van der Waals surface area (Å²) in [6, 6.07) is 0. The van der Waals surface area contributed by atoms with Crippen molar-refractivity contribution in [3.05, 3.63) is 12.2 Å². The van der Waals surface area contributed by atoms with Crippen molar-refractivity contribution in [1.29, 1.82) is 0 Å². The average Bonchev–Trinajstić information content (AvgIpc) is 2.67. The Morgan fingerprint density at radius 3 is 1.62 bits per heavy atom. The minimum absolute atomic E-state index is 0.0942. The number of carbonyl (C=O) groups is 4. The molecule has 0 N–H and O–H groups in total. The van der Waals surface area contributed by atoms with Crippen LogP contribution in [0.4, 0.5) is 0 Å². The Bertz CT molecular complexity index is 552. The molecule has 0 heterocycles. The van der Waals surface area contributed by atoms with Crippen molar-refractivity contribution in [2.75, 3.05) is 0 Å². The standard InChI is InChI=1S/C23H38O6/c1-6-8-10-12-14-20(24)18(4)28-22(26)16-17(3)23(27)29-19(5)21(25)15-13-11-9-7-2/h18-19H,3,6-16H2,1-2,4-5H3. The lowest BCUT2D eigenvalue weighted by Crippen LogP contribution is -2.27. The molecule has 0 rings (SSSR count). The van der Waals surface area contributed by atoms with Gasteiger partial charge >= 0.3 is 11.9 Å². The van der Waals surface area contributed by atoms with E-state index in [0.29, 0.717) is 12.8 Å². The normalized spacial score (nSPS) is 12.7. The maximum Gasteiger partial charge on any atom is 0.334 e. The van der Waals surface area contributed by atoms with Crippen molar-refractivity contribution in [2.45, 2.75) is 111 Å². The molecule has 0 aliphatic carbocycles. The monoisotopic (exact) mass is 410 g/mol. The number of carbonyl (C=O) groups excluding carboxylic acids is 4. The van der Waals surface area contributed by atoms with Crippen molar-refractivity contribution in [1.82, 2.24) is 0 Å². The summed E-state index contributed by atoms with van der Waals surface area (Å²) < 4.78 is 10.2. The SMILES string of the molecule is C=C(CC(=O)OC(C)C(=O)CCCCCC)C(=O)OC(C)C(=O)CCCCCC. The van der Waals surface area contributed by atoms with Crippen LogP contribution in [0.2, 0.25) is 0 Å². The number of hydrogen-bond donors (Lipinski definition) is 0. The molecule has 6 nitrogen and oxygen atoms in total. The second kappa shape index (κ2) is 15.9. The molecular formula is C23H38O6. The molecule has 0 saturated heterocycles. The smallest absolute Gasteiger partial charge is 0.334 e. The van der Waals surface area contributed by atoms with Gasteiger partial charge in [0.2, 0.25) is 0 Å². The molecule has 0 aliphatic rings. The Morgan fingerprint density at radius 2 is 1.17 bits per heavy atom.